The fourth-order valence-corrected chi connectivity index (χ4v) is 2.36. The second-order valence-corrected chi connectivity index (χ2v) is 5.18. The van der Waals surface area contributed by atoms with Gasteiger partial charge in [-0.1, -0.05) is 26.7 Å². The van der Waals surface area contributed by atoms with Crippen molar-refractivity contribution in [3.05, 3.63) is 0 Å². The summed E-state index contributed by atoms with van der Waals surface area (Å²) in [6, 6.07) is 0.571. The van der Waals surface area contributed by atoms with Crippen LogP contribution in [0.1, 0.15) is 46.0 Å². The lowest BCUT2D eigenvalue weighted by atomic mass is 10.0. The number of hydrogen-bond acceptors (Lipinski definition) is 3. The van der Waals surface area contributed by atoms with Crippen molar-refractivity contribution in [3.8, 4) is 0 Å². The van der Waals surface area contributed by atoms with Gasteiger partial charge >= 0.3 is 0 Å². The van der Waals surface area contributed by atoms with Crippen molar-refractivity contribution in [3.63, 3.8) is 0 Å². The van der Waals surface area contributed by atoms with E-state index in [4.69, 9.17) is 0 Å². The van der Waals surface area contributed by atoms with Crippen LogP contribution in [0.5, 0.6) is 0 Å². The van der Waals surface area contributed by atoms with E-state index in [-0.39, 0.29) is 5.91 Å². The minimum atomic E-state index is 0.168. The van der Waals surface area contributed by atoms with E-state index in [9.17, 15) is 4.79 Å². The van der Waals surface area contributed by atoms with Crippen LogP contribution >= 0.6 is 0 Å². The van der Waals surface area contributed by atoms with Crippen LogP contribution in [-0.2, 0) is 4.79 Å². The van der Waals surface area contributed by atoms with Crippen molar-refractivity contribution in [1.29, 1.82) is 0 Å². The molecule has 1 aliphatic rings. The number of amides is 1. The first kappa shape index (κ1) is 15.4. The summed E-state index contributed by atoms with van der Waals surface area (Å²) in [5.41, 5.74) is 0. The van der Waals surface area contributed by atoms with Gasteiger partial charge in [-0.25, -0.2) is 0 Å². The molecule has 4 nitrogen and oxygen atoms in total. The molecule has 4 heteroatoms. The topological polar surface area (TPSA) is 44.4 Å². The highest BCUT2D eigenvalue weighted by Crippen LogP contribution is 2.08. The van der Waals surface area contributed by atoms with E-state index in [1.54, 1.807) is 0 Å². The third kappa shape index (κ3) is 6.36. The van der Waals surface area contributed by atoms with Gasteiger partial charge in [0.25, 0.3) is 0 Å². The Morgan fingerprint density at radius 1 is 1.39 bits per heavy atom. The molecule has 0 aliphatic carbocycles. The van der Waals surface area contributed by atoms with Crippen LogP contribution in [0.25, 0.3) is 0 Å². The molecule has 0 saturated carbocycles. The smallest absolute Gasteiger partial charge is 0.234 e. The monoisotopic (exact) mass is 255 g/mol. The largest absolute Gasteiger partial charge is 0.355 e. The fourth-order valence-electron chi connectivity index (χ4n) is 2.36. The molecule has 0 aromatic heterocycles. The fraction of sp³-hybridized carbons (Fsp3) is 0.929. The Bertz CT molecular complexity index is 227. The molecule has 1 fully saturated rings. The number of carbonyl (C=O) groups excluding carboxylic acids is 1. The number of hydrogen-bond donors (Lipinski definition) is 2. The normalized spacial score (nSPS) is 20.1. The highest BCUT2D eigenvalue weighted by atomic mass is 16.2. The van der Waals surface area contributed by atoms with Crippen molar-refractivity contribution in [2.75, 3.05) is 32.7 Å². The number of nitrogens with zero attached hydrogens (tertiary/aromatic N) is 1. The molecule has 1 saturated heterocycles. The predicted octanol–water partition coefficient (Wildman–Crippen LogP) is 1.37. The number of rotatable bonds is 8. The maximum absolute atomic E-state index is 11.8. The van der Waals surface area contributed by atoms with Gasteiger partial charge in [-0.05, 0) is 32.4 Å². The zero-order valence-electron chi connectivity index (χ0n) is 12.0. The highest BCUT2D eigenvalue weighted by molar-refractivity contribution is 5.77. The van der Waals surface area contributed by atoms with Gasteiger partial charge in [0.15, 0.2) is 0 Å². The first-order chi connectivity index (χ1) is 8.76. The first-order valence-electron chi connectivity index (χ1n) is 7.48. The molecule has 1 atom stereocenters. The molecule has 1 aliphatic heterocycles. The van der Waals surface area contributed by atoms with E-state index < -0.39 is 0 Å². The van der Waals surface area contributed by atoms with E-state index in [1.165, 1.54) is 19.3 Å². The number of piperidine rings is 1. The Balaban J connectivity index is 2.20. The lowest BCUT2D eigenvalue weighted by Gasteiger charge is -2.29. The molecular weight excluding hydrogens is 226 g/mol. The summed E-state index contributed by atoms with van der Waals surface area (Å²) < 4.78 is 0. The minimum Gasteiger partial charge on any atom is -0.355 e. The van der Waals surface area contributed by atoms with Crippen molar-refractivity contribution < 1.29 is 4.79 Å². The predicted molar refractivity (Wildman–Crippen MR) is 75.7 cm³/mol. The van der Waals surface area contributed by atoms with Crippen molar-refractivity contribution >= 4 is 5.91 Å². The lowest BCUT2D eigenvalue weighted by molar-refractivity contribution is -0.122. The molecule has 106 valence electrons. The molecule has 0 aromatic rings. The van der Waals surface area contributed by atoms with Gasteiger partial charge in [-0.2, -0.15) is 0 Å². The summed E-state index contributed by atoms with van der Waals surface area (Å²) >= 11 is 0. The second kappa shape index (κ2) is 9.34. The van der Waals surface area contributed by atoms with Gasteiger partial charge in [-0.15, -0.1) is 0 Å². The van der Waals surface area contributed by atoms with E-state index in [1.807, 2.05) is 0 Å². The van der Waals surface area contributed by atoms with Crippen LogP contribution < -0.4 is 10.6 Å². The first-order valence-corrected chi connectivity index (χ1v) is 7.48. The molecule has 1 amide bonds. The SMILES string of the molecule is CCCCNC(=O)CN(CC)CC1CCCCN1. The van der Waals surface area contributed by atoms with E-state index >= 15 is 0 Å². The van der Waals surface area contributed by atoms with Crippen LogP contribution in [0.2, 0.25) is 0 Å². The summed E-state index contributed by atoms with van der Waals surface area (Å²) in [5.74, 6) is 0.168. The maximum atomic E-state index is 11.8. The summed E-state index contributed by atoms with van der Waals surface area (Å²) in [6.07, 6.45) is 6.05. The summed E-state index contributed by atoms with van der Waals surface area (Å²) in [4.78, 5) is 14.0. The van der Waals surface area contributed by atoms with Crippen LogP contribution in [-0.4, -0.2) is 49.6 Å². The van der Waals surface area contributed by atoms with Crippen LogP contribution in [0.4, 0.5) is 0 Å². The Morgan fingerprint density at radius 3 is 2.83 bits per heavy atom. The number of likely N-dealkylation sites (N-methyl/N-ethyl adjacent to an activating group) is 1. The molecule has 0 spiro atoms. The van der Waals surface area contributed by atoms with Gasteiger partial charge in [0, 0.05) is 19.1 Å². The molecule has 0 aromatic carbocycles. The lowest BCUT2D eigenvalue weighted by Crippen LogP contribution is -2.46. The summed E-state index contributed by atoms with van der Waals surface area (Å²) in [6.45, 7) is 8.69. The minimum absolute atomic E-state index is 0.168. The molecule has 18 heavy (non-hydrogen) atoms. The Hall–Kier alpha value is -0.610. The molecule has 1 heterocycles. The van der Waals surface area contributed by atoms with Crippen molar-refractivity contribution in [2.45, 2.75) is 52.0 Å². The standard InChI is InChI=1S/C14H29N3O/c1-3-5-9-16-14(18)12-17(4-2)11-13-8-6-7-10-15-13/h13,15H,3-12H2,1-2H3,(H,16,18). The Morgan fingerprint density at radius 2 is 2.22 bits per heavy atom. The zero-order chi connectivity index (χ0) is 13.2. The Kier molecular flexibility index (Phi) is 8.01. The average Bonchev–Trinajstić information content (AvgIpc) is 2.39. The molecule has 0 bridgehead atoms. The van der Waals surface area contributed by atoms with E-state index in [0.717, 1.165) is 39.0 Å². The number of nitrogens with one attached hydrogen (secondary N) is 2. The van der Waals surface area contributed by atoms with Gasteiger partial charge in [0.05, 0.1) is 6.54 Å². The van der Waals surface area contributed by atoms with Gasteiger partial charge < -0.3 is 10.6 Å². The van der Waals surface area contributed by atoms with Crippen molar-refractivity contribution in [1.82, 2.24) is 15.5 Å². The van der Waals surface area contributed by atoms with Crippen LogP contribution in [0.3, 0.4) is 0 Å². The van der Waals surface area contributed by atoms with E-state index in [2.05, 4.69) is 29.4 Å². The highest BCUT2D eigenvalue weighted by Gasteiger charge is 2.17. The average molecular weight is 255 g/mol. The third-order valence-electron chi connectivity index (χ3n) is 3.56. The summed E-state index contributed by atoms with van der Waals surface area (Å²) in [5, 5.41) is 6.52. The number of carbonyl (C=O) groups is 1. The molecule has 1 unspecified atom stereocenters. The van der Waals surface area contributed by atoms with Gasteiger partial charge in [0.2, 0.25) is 5.91 Å². The molecular formula is C14H29N3O. The number of unbranched alkanes of at least 4 members (excludes halogenated alkanes) is 1. The molecule has 1 rings (SSSR count). The second-order valence-electron chi connectivity index (χ2n) is 5.18. The van der Waals surface area contributed by atoms with Crippen LogP contribution in [0.15, 0.2) is 0 Å². The van der Waals surface area contributed by atoms with Gasteiger partial charge in [0.1, 0.15) is 0 Å². The quantitative estimate of drug-likeness (QED) is 0.644. The van der Waals surface area contributed by atoms with Gasteiger partial charge in [-0.3, -0.25) is 9.69 Å². The summed E-state index contributed by atoms with van der Waals surface area (Å²) in [7, 11) is 0. The molecule has 0 radical (unpaired) electrons. The third-order valence-corrected chi connectivity index (χ3v) is 3.56. The van der Waals surface area contributed by atoms with Crippen molar-refractivity contribution in [2.24, 2.45) is 0 Å². The Labute approximate surface area is 111 Å². The molecule has 2 N–H and O–H groups in total. The van der Waals surface area contributed by atoms with E-state index in [0.29, 0.717) is 12.6 Å². The van der Waals surface area contributed by atoms with Crippen LogP contribution in [0, 0.1) is 0 Å². The zero-order valence-corrected chi connectivity index (χ0v) is 12.0. The maximum Gasteiger partial charge on any atom is 0.234 e.